The number of hydrogen-bond acceptors (Lipinski definition) is 3. The minimum absolute atomic E-state index is 0.315. The first kappa shape index (κ1) is 15.5. The number of nitrogens with two attached hydrogens (primary N) is 1. The van der Waals surface area contributed by atoms with Crippen LogP contribution < -0.4 is 5.73 Å². The van der Waals surface area contributed by atoms with E-state index < -0.39 is 0 Å². The minimum Gasteiger partial charge on any atom is -0.329 e. The third kappa shape index (κ3) is 3.23. The van der Waals surface area contributed by atoms with Gasteiger partial charge >= 0.3 is 0 Å². The van der Waals surface area contributed by atoms with Gasteiger partial charge in [-0.15, -0.1) is 0 Å². The Bertz CT molecular complexity index is 430. The lowest BCUT2D eigenvalue weighted by Crippen LogP contribution is -2.33. The fraction of sp³-hybridized carbons (Fsp3) is 0.812. The van der Waals surface area contributed by atoms with Crippen molar-refractivity contribution in [2.24, 2.45) is 17.1 Å². The molecule has 0 saturated carbocycles. The van der Waals surface area contributed by atoms with E-state index >= 15 is 0 Å². The van der Waals surface area contributed by atoms with Crippen LogP contribution in [-0.4, -0.2) is 34.3 Å². The Balaban J connectivity index is 2.09. The molecular formula is C16H30N4. The summed E-state index contributed by atoms with van der Waals surface area (Å²) >= 11 is 0. The second-order valence-corrected chi connectivity index (χ2v) is 7.45. The molecule has 2 N–H and O–H groups in total. The molecule has 0 aliphatic carbocycles. The van der Waals surface area contributed by atoms with Crippen molar-refractivity contribution in [2.45, 2.75) is 53.1 Å². The van der Waals surface area contributed by atoms with Crippen LogP contribution in [0.5, 0.6) is 0 Å². The minimum atomic E-state index is 0.315. The molecule has 1 saturated heterocycles. The van der Waals surface area contributed by atoms with Crippen molar-refractivity contribution in [3.8, 4) is 0 Å². The Morgan fingerprint density at radius 1 is 1.40 bits per heavy atom. The second-order valence-electron chi connectivity index (χ2n) is 7.45. The normalized spacial score (nSPS) is 22.6. The van der Waals surface area contributed by atoms with Crippen molar-refractivity contribution in [3.05, 3.63) is 18.0 Å². The zero-order valence-electron chi connectivity index (χ0n) is 13.6. The molecule has 0 aromatic carbocycles. The molecule has 1 aliphatic rings. The van der Waals surface area contributed by atoms with Gasteiger partial charge in [0, 0.05) is 30.9 Å². The standard InChI is InChI=1S/C16H30N4/c1-12(2)20-10-13(9-18-20)15(8-17)19-7-6-14(11-19)16(3,4)5/h9-10,12,14-15H,6-8,11,17H2,1-5H3. The Morgan fingerprint density at radius 2 is 2.10 bits per heavy atom. The van der Waals surface area contributed by atoms with Crippen molar-refractivity contribution in [2.75, 3.05) is 19.6 Å². The molecule has 2 rings (SSSR count). The highest BCUT2D eigenvalue weighted by atomic mass is 15.3. The van der Waals surface area contributed by atoms with Crippen LogP contribution in [-0.2, 0) is 0 Å². The van der Waals surface area contributed by atoms with E-state index in [-0.39, 0.29) is 0 Å². The van der Waals surface area contributed by atoms with Gasteiger partial charge in [0.05, 0.1) is 12.2 Å². The van der Waals surface area contributed by atoms with Gasteiger partial charge in [-0.3, -0.25) is 9.58 Å². The van der Waals surface area contributed by atoms with Gasteiger partial charge in [0.25, 0.3) is 0 Å². The van der Waals surface area contributed by atoms with Gasteiger partial charge in [0.15, 0.2) is 0 Å². The molecule has 4 heteroatoms. The third-order valence-corrected chi connectivity index (χ3v) is 4.64. The fourth-order valence-corrected chi connectivity index (χ4v) is 3.08. The van der Waals surface area contributed by atoms with Crippen LogP contribution in [0, 0.1) is 11.3 Å². The molecule has 0 radical (unpaired) electrons. The molecule has 1 fully saturated rings. The molecule has 2 unspecified atom stereocenters. The van der Waals surface area contributed by atoms with Crippen molar-refractivity contribution < 1.29 is 0 Å². The first-order valence-electron chi connectivity index (χ1n) is 7.81. The summed E-state index contributed by atoms with van der Waals surface area (Å²) in [5.41, 5.74) is 7.69. The summed E-state index contributed by atoms with van der Waals surface area (Å²) in [7, 11) is 0. The smallest absolute Gasteiger partial charge is 0.0538 e. The Hall–Kier alpha value is -0.870. The highest BCUT2D eigenvalue weighted by Crippen LogP contribution is 2.36. The average Bonchev–Trinajstić information content (AvgIpc) is 2.97. The zero-order valence-corrected chi connectivity index (χ0v) is 13.6. The highest BCUT2D eigenvalue weighted by molar-refractivity contribution is 5.12. The zero-order chi connectivity index (χ0) is 14.9. The molecule has 0 spiro atoms. The summed E-state index contributed by atoms with van der Waals surface area (Å²) in [5.74, 6) is 0.761. The fourth-order valence-electron chi connectivity index (χ4n) is 3.08. The maximum Gasteiger partial charge on any atom is 0.0538 e. The average molecular weight is 278 g/mol. The maximum atomic E-state index is 6.05. The first-order chi connectivity index (χ1) is 9.32. The summed E-state index contributed by atoms with van der Waals surface area (Å²) < 4.78 is 2.02. The number of aromatic nitrogens is 2. The predicted molar refractivity (Wildman–Crippen MR) is 83.5 cm³/mol. The number of nitrogens with zero attached hydrogens (tertiary/aromatic N) is 3. The Kier molecular flexibility index (Phi) is 4.55. The summed E-state index contributed by atoms with van der Waals surface area (Å²) in [6, 6.07) is 0.720. The van der Waals surface area contributed by atoms with Gasteiger partial charge in [0.2, 0.25) is 0 Å². The lowest BCUT2D eigenvalue weighted by atomic mass is 9.80. The van der Waals surface area contributed by atoms with Gasteiger partial charge < -0.3 is 5.73 Å². The maximum absolute atomic E-state index is 6.05. The van der Waals surface area contributed by atoms with Gasteiger partial charge in [-0.25, -0.2) is 0 Å². The van der Waals surface area contributed by atoms with Crippen LogP contribution in [0.4, 0.5) is 0 Å². The molecule has 20 heavy (non-hydrogen) atoms. The summed E-state index contributed by atoms with van der Waals surface area (Å²) in [6.45, 7) is 14.3. The van der Waals surface area contributed by atoms with E-state index in [0.717, 1.165) is 19.0 Å². The molecular weight excluding hydrogens is 248 g/mol. The van der Waals surface area contributed by atoms with E-state index in [1.807, 2.05) is 10.9 Å². The van der Waals surface area contributed by atoms with Crippen LogP contribution in [0.25, 0.3) is 0 Å². The molecule has 2 heterocycles. The van der Waals surface area contributed by atoms with Crippen LogP contribution in [0.3, 0.4) is 0 Å². The molecule has 2 atom stereocenters. The van der Waals surface area contributed by atoms with E-state index in [1.165, 1.54) is 12.0 Å². The van der Waals surface area contributed by atoms with E-state index in [9.17, 15) is 0 Å². The summed E-state index contributed by atoms with van der Waals surface area (Å²) in [5, 5.41) is 4.46. The van der Waals surface area contributed by atoms with Gasteiger partial charge in [-0.2, -0.15) is 5.10 Å². The van der Waals surface area contributed by atoms with Gasteiger partial charge in [0.1, 0.15) is 0 Å². The number of rotatable bonds is 4. The molecule has 4 nitrogen and oxygen atoms in total. The molecule has 1 aromatic heterocycles. The Morgan fingerprint density at radius 3 is 2.55 bits per heavy atom. The van der Waals surface area contributed by atoms with E-state index in [2.05, 4.69) is 50.8 Å². The predicted octanol–water partition coefficient (Wildman–Crippen LogP) is 2.83. The lowest BCUT2D eigenvalue weighted by molar-refractivity contribution is 0.197. The molecule has 0 amide bonds. The van der Waals surface area contributed by atoms with Crippen molar-refractivity contribution >= 4 is 0 Å². The highest BCUT2D eigenvalue weighted by Gasteiger charge is 2.35. The quantitative estimate of drug-likeness (QED) is 0.921. The topological polar surface area (TPSA) is 47.1 Å². The lowest BCUT2D eigenvalue weighted by Gasteiger charge is -2.30. The van der Waals surface area contributed by atoms with Gasteiger partial charge in [-0.05, 0) is 38.1 Å². The van der Waals surface area contributed by atoms with Crippen LogP contribution in [0.2, 0.25) is 0 Å². The number of likely N-dealkylation sites (tertiary alicyclic amines) is 1. The van der Waals surface area contributed by atoms with Crippen LogP contribution in [0.15, 0.2) is 12.4 Å². The first-order valence-corrected chi connectivity index (χ1v) is 7.81. The second kappa shape index (κ2) is 5.86. The summed E-state index contributed by atoms with van der Waals surface area (Å²) in [4.78, 5) is 2.54. The van der Waals surface area contributed by atoms with Crippen molar-refractivity contribution in [1.29, 1.82) is 0 Å². The summed E-state index contributed by atoms with van der Waals surface area (Å²) in [6.07, 6.45) is 5.42. The van der Waals surface area contributed by atoms with Crippen molar-refractivity contribution in [3.63, 3.8) is 0 Å². The van der Waals surface area contributed by atoms with E-state index in [1.54, 1.807) is 0 Å². The largest absolute Gasteiger partial charge is 0.329 e. The molecule has 1 aliphatic heterocycles. The Labute approximate surface area is 123 Å². The molecule has 0 bridgehead atoms. The number of hydrogen-bond donors (Lipinski definition) is 1. The van der Waals surface area contributed by atoms with Crippen LogP contribution in [0.1, 0.15) is 58.7 Å². The van der Waals surface area contributed by atoms with Gasteiger partial charge in [-0.1, -0.05) is 20.8 Å². The SMILES string of the molecule is CC(C)n1cc(C(CN)N2CCC(C(C)(C)C)C2)cn1. The van der Waals surface area contributed by atoms with E-state index in [4.69, 9.17) is 5.73 Å². The monoisotopic (exact) mass is 278 g/mol. The van der Waals surface area contributed by atoms with Crippen molar-refractivity contribution in [1.82, 2.24) is 14.7 Å². The third-order valence-electron chi connectivity index (χ3n) is 4.64. The molecule has 1 aromatic rings. The van der Waals surface area contributed by atoms with Crippen LogP contribution >= 0.6 is 0 Å². The van der Waals surface area contributed by atoms with E-state index in [0.29, 0.717) is 24.0 Å². The molecule has 114 valence electrons.